The van der Waals surface area contributed by atoms with Crippen molar-refractivity contribution in [2.75, 3.05) is 5.32 Å². The number of nitrogens with zero attached hydrogens (tertiary/aromatic N) is 4. The Morgan fingerprint density at radius 3 is 2.47 bits per heavy atom. The van der Waals surface area contributed by atoms with Gasteiger partial charge in [0.05, 0.1) is 4.90 Å². The first-order valence-electron chi connectivity index (χ1n) is 11.9. The van der Waals surface area contributed by atoms with Gasteiger partial charge in [-0.25, -0.2) is 13.1 Å². The molecule has 2 aromatic carbocycles. The Kier molecular flexibility index (Phi) is 5.62. The molecule has 10 heteroatoms. The van der Waals surface area contributed by atoms with Gasteiger partial charge in [-0.05, 0) is 73.2 Å². The summed E-state index contributed by atoms with van der Waals surface area (Å²) in [4.78, 5) is 17.4. The predicted molar refractivity (Wildman–Crippen MR) is 135 cm³/mol. The van der Waals surface area contributed by atoms with Crippen molar-refractivity contribution < 1.29 is 13.2 Å². The molecule has 0 bridgehead atoms. The predicted octanol–water partition coefficient (Wildman–Crippen LogP) is 4.04. The zero-order valence-corrected chi connectivity index (χ0v) is 20.1. The molecule has 2 aliphatic carbocycles. The highest BCUT2D eigenvalue weighted by Crippen LogP contribution is 2.37. The Balaban J connectivity index is 1.19. The maximum atomic E-state index is 13.0. The van der Waals surface area contributed by atoms with Crippen LogP contribution in [0, 0.1) is 0 Å². The maximum absolute atomic E-state index is 13.0. The first-order chi connectivity index (χ1) is 17.5. The quantitative estimate of drug-likeness (QED) is 0.377. The molecular weight excluding hydrogens is 476 g/mol. The van der Waals surface area contributed by atoms with Gasteiger partial charge in [-0.15, -0.1) is 10.2 Å². The van der Waals surface area contributed by atoms with Crippen LogP contribution < -0.4 is 10.0 Å². The Morgan fingerprint density at radius 1 is 0.917 bits per heavy atom. The number of carbonyl (C=O) groups is 1. The molecule has 9 nitrogen and oxygen atoms in total. The second kappa shape index (κ2) is 8.96. The number of aromatic nitrogens is 4. The lowest BCUT2D eigenvalue weighted by Gasteiger charge is -2.10. The molecule has 2 heterocycles. The summed E-state index contributed by atoms with van der Waals surface area (Å²) in [5.41, 5.74) is 3.32. The Bertz CT molecular complexity index is 1540. The fourth-order valence-corrected chi connectivity index (χ4v) is 5.35. The molecular formula is C26H24N6O3S. The second-order valence-corrected chi connectivity index (χ2v) is 10.9. The van der Waals surface area contributed by atoms with Crippen LogP contribution in [-0.2, 0) is 10.0 Å². The van der Waals surface area contributed by atoms with Crippen LogP contribution in [0.5, 0.6) is 0 Å². The van der Waals surface area contributed by atoms with Gasteiger partial charge >= 0.3 is 0 Å². The average molecular weight is 501 g/mol. The minimum absolute atomic E-state index is 0.0493. The van der Waals surface area contributed by atoms with Crippen LogP contribution in [0.4, 0.5) is 5.69 Å². The van der Waals surface area contributed by atoms with Crippen molar-refractivity contribution in [1.82, 2.24) is 24.5 Å². The van der Waals surface area contributed by atoms with Gasteiger partial charge in [0.1, 0.15) is 12.0 Å². The molecule has 4 aromatic rings. The van der Waals surface area contributed by atoms with Crippen molar-refractivity contribution >= 4 is 21.6 Å². The molecule has 2 fully saturated rings. The molecule has 2 N–H and O–H groups in total. The first-order valence-corrected chi connectivity index (χ1v) is 13.3. The zero-order chi connectivity index (χ0) is 24.7. The largest absolute Gasteiger partial charge is 0.321 e. The number of carbonyl (C=O) groups excluding carboxylic acids is 1. The number of anilines is 1. The molecule has 36 heavy (non-hydrogen) atoms. The van der Waals surface area contributed by atoms with E-state index in [4.69, 9.17) is 0 Å². The molecule has 0 atom stereocenters. The van der Waals surface area contributed by atoms with E-state index in [-0.39, 0.29) is 22.5 Å². The van der Waals surface area contributed by atoms with E-state index < -0.39 is 10.0 Å². The van der Waals surface area contributed by atoms with E-state index in [9.17, 15) is 13.2 Å². The van der Waals surface area contributed by atoms with Crippen molar-refractivity contribution in [3.63, 3.8) is 0 Å². The van der Waals surface area contributed by atoms with Crippen LogP contribution in [0.15, 0.2) is 78.1 Å². The number of amides is 1. The summed E-state index contributed by atoms with van der Waals surface area (Å²) in [6.45, 7) is 0. The van der Waals surface area contributed by atoms with Gasteiger partial charge < -0.3 is 9.88 Å². The molecule has 2 aromatic heterocycles. The van der Waals surface area contributed by atoms with Crippen molar-refractivity contribution in [2.24, 2.45) is 0 Å². The lowest BCUT2D eigenvalue weighted by molar-refractivity contribution is 0.102. The summed E-state index contributed by atoms with van der Waals surface area (Å²) in [5, 5.41) is 11.2. The number of sulfonamides is 1. The molecule has 0 radical (unpaired) electrons. The van der Waals surface area contributed by atoms with E-state index in [1.165, 1.54) is 0 Å². The number of pyridine rings is 1. The Labute approximate surface area is 208 Å². The van der Waals surface area contributed by atoms with Crippen LogP contribution >= 0.6 is 0 Å². The minimum atomic E-state index is -3.51. The lowest BCUT2D eigenvalue weighted by atomic mass is 10.1. The van der Waals surface area contributed by atoms with Gasteiger partial charge in [0, 0.05) is 29.5 Å². The van der Waals surface area contributed by atoms with E-state index in [1.807, 2.05) is 24.3 Å². The fraction of sp³-hybridized carbons (Fsp3) is 0.231. The topological polar surface area (TPSA) is 119 Å². The lowest BCUT2D eigenvalue weighted by Crippen LogP contribution is -2.25. The summed E-state index contributed by atoms with van der Waals surface area (Å²) in [5.74, 6) is 0.442. The SMILES string of the molecule is O=C(Nc1cccc(-c2nncn2C2CC2)c1)c1cc(-c2ccc(S(=O)(=O)NC3CC3)cc2)ccn1. The van der Waals surface area contributed by atoms with E-state index >= 15 is 0 Å². The third-order valence-corrected chi connectivity index (χ3v) is 7.82. The van der Waals surface area contributed by atoms with Crippen LogP contribution in [-0.4, -0.2) is 40.1 Å². The van der Waals surface area contributed by atoms with Crippen molar-refractivity contribution in [2.45, 2.75) is 42.7 Å². The molecule has 0 saturated heterocycles. The molecule has 2 saturated carbocycles. The van der Waals surface area contributed by atoms with Crippen molar-refractivity contribution in [3.05, 3.63) is 78.9 Å². The van der Waals surface area contributed by atoms with E-state index in [0.29, 0.717) is 11.7 Å². The van der Waals surface area contributed by atoms with Gasteiger partial charge in [0.2, 0.25) is 10.0 Å². The van der Waals surface area contributed by atoms with Crippen LogP contribution in [0.25, 0.3) is 22.5 Å². The highest BCUT2D eigenvalue weighted by molar-refractivity contribution is 7.89. The van der Waals surface area contributed by atoms with Gasteiger partial charge in [-0.2, -0.15) is 0 Å². The Morgan fingerprint density at radius 2 is 1.72 bits per heavy atom. The van der Waals surface area contributed by atoms with Gasteiger partial charge in [0.25, 0.3) is 5.91 Å². The molecule has 182 valence electrons. The third kappa shape index (κ3) is 4.77. The van der Waals surface area contributed by atoms with E-state index in [2.05, 4.69) is 29.8 Å². The molecule has 1 amide bonds. The second-order valence-electron chi connectivity index (χ2n) is 9.18. The van der Waals surface area contributed by atoms with Gasteiger partial charge in [0.15, 0.2) is 5.82 Å². The highest BCUT2D eigenvalue weighted by atomic mass is 32.2. The number of nitrogens with one attached hydrogen (secondary N) is 2. The first kappa shape index (κ1) is 22.6. The monoisotopic (exact) mass is 500 g/mol. The third-order valence-electron chi connectivity index (χ3n) is 6.28. The number of hydrogen-bond acceptors (Lipinski definition) is 6. The van der Waals surface area contributed by atoms with Crippen LogP contribution in [0.3, 0.4) is 0 Å². The normalized spacial score (nSPS) is 15.6. The minimum Gasteiger partial charge on any atom is -0.321 e. The summed E-state index contributed by atoms with van der Waals surface area (Å²) in [6, 6.07) is 18.1. The maximum Gasteiger partial charge on any atom is 0.274 e. The number of hydrogen-bond donors (Lipinski definition) is 2. The van der Waals surface area contributed by atoms with Crippen LogP contribution in [0.1, 0.15) is 42.2 Å². The number of rotatable bonds is 8. The zero-order valence-electron chi connectivity index (χ0n) is 19.3. The summed E-state index contributed by atoms with van der Waals surface area (Å²) in [6.07, 6.45) is 7.33. The van der Waals surface area contributed by atoms with Gasteiger partial charge in [-0.3, -0.25) is 9.78 Å². The standard InChI is InChI=1S/C26H24N6O3S/c33-26(29-21-3-1-2-19(14-21)25-30-28-16-32(25)22-8-9-22)24-15-18(12-13-27-24)17-4-10-23(11-5-17)36(34,35)31-20-6-7-20/h1-5,10-16,20,22,31H,6-9H2,(H,29,33). The highest BCUT2D eigenvalue weighted by Gasteiger charge is 2.28. The Hall–Kier alpha value is -3.89. The average Bonchev–Trinajstić information content (AvgIpc) is 3.84. The fourth-order valence-electron chi connectivity index (χ4n) is 4.05. The smallest absolute Gasteiger partial charge is 0.274 e. The van der Waals surface area contributed by atoms with Crippen molar-refractivity contribution in [3.8, 4) is 22.5 Å². The summed E-state index contributed by atoms with van der Waals surface area (Å²) < 4.78 is 29.6. The van der Waals surface area contributed by atoms with Gasteiger partial charge in [-0.1, -0.05) is 24.3 Å². The molecule has 0 unspecified atom stereocenters. The molecule has 6 rings (SSSR count). The van der Waals surface area contributed by atoms with E-state index in [0.717, 1.165) is 48.2 Å². The summed E-state index contributed by atoms with van der Waals surface area (Å²) >= 11 is 0. The summed E-state index contributed by atoms with van der Waals surface area (Å²) in [7, 11) is -3.51. The van der Waals surface area contributed by atoms with E-state index in [1.54, 1.807) is 48.9 Å². The number of benzene rings is 2. The van der Waals surface area contributed by atoms with Crippen LogP contribution in [0.2, 0.25) is 0 Å². The molecule has 0 aliphatic heterocycles. The van der Waals surface area contributed by atoms with Crippen molar-refractivity contribution in [1.29, 1.82) is 0 Å². The molecule has 2 aliphatic rings. The molecule has 0 spiro atoms.